The largest absolute Gasteiger partial charge is 0.481 e. The molecule has 6 nitrogen and oxygen atoms in total. The lowest BCUT2D eigenvalue weighted by atomic mass is 9.96. The Morgan fingerprint density at radius 2 is 2.50 bits per heavy atom. The van der Waals surface area contributed by atoms with Crippen molar-refractivity contribution in [3.05, 3.63) is 12.2 Å². The third-order valence-electron chi connectivity index (χ3n) is 3.07. The molecule has 0 bridgehead atoms. The third-order valence-corrected chi connectivity index (χ3v) is 3.07. The summed E-state index contributed by atoms with van der Waals surface area (Å²) >= 11 is 0. The lowest BCUT2D eigenvalue weighted by Crippen LogP contribution is -2.29. The first-order valence-corrected chi connectivity index (χ1v) is 5.46. The first kappa shape index (κ1) is 11.1. The van der Waals surface area contributed by atoms with E-state index in [2.05, 4.69) is 20.0 Å². The van der Waals surface area contributed by atoms with Crippen molar-refractivity contribution in [2.24, 2.45) is 11.8 Å². The van der Waals surface area contributed by atoms with Crippen LogP contribution in [0.5, 0.6) is 0 Å². The number of nitrogens with one attached hydrogen (secondary N) is 1. The van der Waals surface area contributed by atoms with Crippen LogP contribution < -0.4 is 5.32 Å². The molecule has 0 aliphatic heterocycles. The van der Waals surface area contributed by atoms with Crippen LogP contribution >= 0.6 is 0 Å². The highest BCUT2D eigenvalue weighted by atomic mass is 16.5. The molecule has 2 atom stereocenters. The summed E-state index contributed by atoms with van der Waals surface area (Å²) in [5, 5.41) is 15.8. The van der Waals surface area contributed by atoms with Crippen LogP contribution in [0.2, 0.25) is 0 Å². The van der Waals surface area contributed by atoms with Crippen molar-refractivity contribution in [2.45, 2.75) is 25.8 Å². The van der Waals surface area contributed by atoms with Crippen molar-refractivity contribution in [3.63, 3.8) is 0 Å². The molecule has 88 valence electrons. The second kappa shape index (κ2) is 5.07. The highest BCUT2D eigenvalue weighted by molar-refractivity contribution is 5.70. The molecule has 0 aromatic carbocycles. The van der Waals surface area contributed by atoms with Gasteiger partial charge >= 0.3 is 5.97 Å². The zero-order chi connectivity index (χ0) is 11.4. The predicted molar refractivity (Wildman–Crippen MR) is 54.5 cm³/mol. The van der Waals surface area contributed by atoms with E-state index < -0.39 is 5.97 Å². The molecule has 2 rings (SSSR count). The van der Waals surface area contributed by atoms with E-state index in [1.54, 1.807) is 0 Å². The van der Waals surface area contributed by atoms with Crippen LogP contribution in [0.3, 0.4) is 0 Å². The number of aromatic nitrogens is 2. The van der Waals surface area contributed by atoms with Gasteiger partial charge in [0.2, 0.25) is 6.39 Å². The molecule has 1 aliphatic rings. The van der Waals surface area contributed by atoms with E-state index in [-0.39, 0.29) is 11.8 Å². The Morgan fingerprint density at radius 1 is 1.62 bits per heavy atom. The Hall–Kier alpha value is -1.43. The summed E-state index contributed by atoms with van der Waals surface area (Å²) in [7, 11) is 0. The van der Waals surface area contributed by atoms with Gasteiger partial charge in [-0.15, -0.1) is 0 Å². The van der Waals surface area contributed by atoms with Crippen molar-refractivity contribution in [1.29, 1.82) is 0 Å². The van der Waals surface area contributed by atoms with Gasteiger partial charge in [0, 0.05) is 0 Å². The van der Waals surface area contributed by atoms with E-state index in [1.807, 2.05) is 0 Å². The molecule has 1 heterocycles. The van der Waals surface area contributed by atoms with Crippen LogP contribution in [0.4, 0.5) is 0 Å². The topological polar surface area (TPSA) is 88.2 Å². The molecule has 2 unspecified atom stereocenters. The smallest absolute Gasteiger partial charge is 0.306 e. The van der Waals surface area contributed by atoms with Crippen molar-refractivity contribution in [3.8, 4) is 0 Å². The molecular weight excluding hydrogens is 210 g/mol. The molecule has 1 aliphatic carbocycles. The van der Waals surface area contributed by atoms with Gasteiger partial charge in [-0.1, -0.05) is 11.6 Å². The molecule has 0 radical (unpaired) electrons. The van der Waals surface area contributed by atoms with E-state index in [1.165, 1.54) is 6.39 Å². The Morgan fingerprint density at radius 3 is 3.19 bits per heavy atom. The standard InChI is InChI=1S/C10H15N3O3/c14-10(15)8-3-1-2-7(8)4-11-5-9-12-6-16-13-9/h6-8,11H,1-5H2,(H,14,15). The number of aliphatic carboxylic acids is 1. The van der Waals surface area contributed by atoms with Gasteiger partial charge in [0.05, 0.1) is 12.5 Å². The normalized spacial score (nSPS) is 24.8. The maximum Gasteiger partial charge on any atom is 0.306 e. The van der Waals surface area contributed by atoms with Crippen LogP contribution in [0.1, 0.15) is 25.1 Å². The maximum absolute atomic E-state index is 10.9. The molecule has 1 fully saturated rings. The second-order valence-corrected chi connectivity index (χ2v) is 4.11. The monoisotopic (exact) mass is 225 g/mol. The number of carboxylic acids is 1. The van der Waals surface area contributed by atoms with Crippen LogP contribution in [-0.4, -0.2) is 27.8 Å². The van der Waals surface area contributed by atoms with E-state index in [0.717, 1.165) is 19.3 Å². The van der Waals surface area contributed by atoms with Gasteiger partial charge in [-0.25, -0.2) is 0 Å². The minimum atomic E-state index is -0.677. The SMILES string of the molecule is O=C(O)C1CCCC1CNCc1ncon1. The Labute approximate surface area is 93.0 Å². The number of rotatable bonds is 5. The molecule has 0 spiro atoms. The zero-order valence-electron chi connectivity index (χ0n) is 8.93. The fourth-order valence-electron chi connectivity index (χ4n) is 2.25. The molecule has 2 N–H and O–H groups in total. The van der Waals surface area contributed by atoms with Gasteiger partial charge in [-0.3, -0.25) is 4.79 Å². The first-order chi connectivity index (χ1) is 7.77. The molecule has 0 amide bonds. The van der Waals surface area contributed by atoms with Gasteiger partial charge in [0.1, 0.15) is 0 Å². The Bertz CT molecular complexity index is 339. The Kier molecular flexibility index (Phi) is 3.51. The number of carboxylic acid groups (broad SMARTS) is 1. The van der Waals surface area contributed by atoms with E-state index >= 15 is 0 Å². The highest BCUT2D eigenvalue weighted by Gasteiger charge is 2.32. The van der Waals surface area contributed by atoms with Crippen molar-refractivity contribution in [1.82, 2.24) is 15.5 Å². The number of hydrogen-bond acceptors (Lipinski definition) is 5. The summed E-state index contributed by atoms with van der Waals surface area (Å²) in [6.45, 7) is 1.23. The van der Waals surface area contributed by atoms with Gasteiger partial charge in [0.25, 0.3) is 0 Å². The lowest BCUT2D eigenvalue weighted by molar-refractivity contribution is -0.142. The number of hydrogen-bond donors (Lipinski definition) is 2. The van der Waals surface area contributed by atoms with Crippen LogP contribution in [0, 0.1) is 11.8 Å². The van der Waals surface area contributed by atoms with Gasteiger partial charge in [0.15, 0.2) is 5.82 Å². The number of carbonyl (C=O) groups is 1. The summed E-state index contributed by atoms with van der Waals surface area (Å²) in [6.07, 6.45) is 4.07. The van der Waals surface area contributed by atoms with Gasteiger partial charge in [-0.2, -0.15) is 4.98 Å². The summed E-state index contributed by atoms with van der Waals surface area (Å²) in [5.41, 5.74) is 0. The highest BCUT2D eigenvalue weighted by Crippen LogP contribution is 2.31. The molecule has 1 saturated carbocycles. The second-order valence-electron chi connectivity index (χ2n) is 4.11. The maximum atomic E-state index is 10.9. The van der Waals surface area contributed by atoms with Crippen LogP contribution in [0.15, 0.2) is 10.9 Å². The van der Waals surface area contributed by atoms with Gasteiger partial charge in [-0.05, 0) is 25.3 Å². The fraction of sp³-hybridized carbons (Fsp3) is 0.700. The minimum Gasteiger partial charge on any atom is -0.481 e. The molecular formula is C10H15N3O3. The summed E-state index contributed by atoms with van der Waals surface area (Å²) in [5.74, 6) is -0.0455. The third kappa shape index (κ3) is 2.57. The molecule has 1 aromatic rings. The fourth-order valence-corrected chi connectivity index (χ4v) is 2.25. The average molecular weight is 225 g/mol. The summed E-state index contributed by atoms with van der Waals surface area (Å²) in [6, 6.07) is 0. The van der Waals surface area contributed by atoms with Crippen molar-refractivity contribution in [2.75, 3.05) is 6.54 Å². The van der Waals surface area contributed by atoms with Crippen molar-refractivity contribution >= 4 is 5.97 Å². The van der Waals surface area contributed by atoms with E-state index in [9.17, 15) is 4.79 Å². The number of nitrogens with zero attached hydrogens (tertiary/aromatic N) is 2. The molecule has 16 heavy (non-hydrogen) atoms. The predicted octanol–water partition coefficient (Wildman–Crippen LogP) is 0.660. The average Bonchev–Trinajstić information content (AvgIpc) is 2.87. The quantitative estimate of drug-likeness (QED) is 0.765. The molecule has 0 saturated heterocycles. The first-order valence-electron chi connectivity index (χ1n) is 5.46. The van der Waals surface area contributed by atoms with E-state index in [0.29, 0.717) is 18.9 Å². The van der Waals surface area contributed by atoms with E-state index in [4.69, 9.17) is 5.11 Å². The molecule has 1 aromatic heterocycles. The van der Waals surface area contributed by atoms with Crippen LogP contribution in [0.25, 0.3) is 0 Å². The van der Waals surface area contributed by atoms with Crippen LogP contribution in [-0.2, 0) is 11.3 Å². The minimum absolute atomic E-state index is 0.197. The molecule has 6 heteroatoms. The lowest BCUT2D eigenvalue weighted by Gasteiger charge is -2.15. The van der Waals surface area contributed by atoms with Crippen molar-refractivity contribution < 1.29 is 14.4 Å². The summed E-state index contributed by atoms with van der Waals surface area (Å²) < 4.78 is 4.60. The van der Waals surface area contributed by atoms with Gasteiger partial charge < -0.3 is 14.9 Å². The summed E-state index contributed by atoms with van der Waals surface area (Å²) in [4.78, 5) is 14.8. The Balaban J connectivity index is 1.75. The zero-order valence-corrected chi connectivity index (χ0v) is 8.93.